The second-order valence-corrected chi connectivity index (χ2v) is 7.42. The molecule has 174 valence electrons. The van der Waals surface area contributed by atoms with Crippen LogP contribution < -0.4 is 21.1 Å². The van der Waals surface area contributed by atoms with Crippen molar-refractivity contribution in [2.24, 2.45) is 5.73 Å². The third kappa shape index (κ3) is 5.73. The molecule has 1 aliphatic rings. The van der Waals surface area contributed by atoms with E-state index < -0.39 is 35.8 Å². The number of rotatable bonds is 7. The highest BCUT2D eigenvalue weighted by molar-refractivity contribution is 5.98. The SMILES string of the molecule is COc1cccc(NC(=O)NC2CCN(C(=O)c3cnccn3)C2C(=O)N(C)CC(N)=O)c1. The Bertz CT molecular complexity index is 1030. The van der Waals surface area contributed by atoms with Crippen molar-refractivity contribution in [1.82, 2.24) is 25.1 Å². The number of anilines is 1. The molecule has 0 bridgehead atoms. The first-order valence-corrected chi connectivity index (χ1v) is 10.1. The maximum Gasteiger partial charge on any atom is 0.319 e. The van der Waals surface area contributed by atoms with Crippen molar-refractivity contribution in [2.45, 2.75) is 18.5 Å². The van der Waals surface area contributed by atoms with Gasteiger partial charge in [-0.3, -0.25) is 19.4 Å². The fourth-order valence-electron chi connectivity index (χ4n) is 3.61. The quantitative estimate of drug-likeness (QED) is 0.523. The summed E-state index contributed by atoms with van der Waals surface area (Å²) >= 11 is 0. The molecule has 1 aliphatic heterocycles. The fourth-order valence-corrected chi connectivity index (χ4v) is 3.61. The Morgan fingerprint density at radius 1 is 1.27 bits per heavy atom. The fraction of sp³-hybridized carbons (Fsp3) is 0.333. The Labute approximate surface area is 190 Å². The lowest BCUT2D eigenvalue weighted by Gasteiger charge is -2.30. The monoisotopic (exact) mass is 455 g/mol. The maximum atomic E-state index is 13.2. The van der Waals surface area contributed by atoms with Gasteiger partial charge >= 0.3 is 6.03 Å². The molecule has 2 unspecified atom stereocenters. The van der Waals surface area contributed by atoms with Gasteiger partial charge in [-0.2, -0.15) is 0 Å². The summed E-state index contributed by atoms with van der Waals surface area (Å²) in [4.78, 5) is 60.5. The van der Waals surface area contributed by atoms with Crippen molar-refractivity contribution in [2.75, 3.05) is 32.6 Å². The molecule has 1 saturated heterocycles. The average molecular weight is 455 g/mol. The van der Waals surface area contributed by atoms with Crippen molar-refractivity contribution < 1.29 is 23.9 Å². The van der Waals surface area contributed by atoms with E-state index in [2.05, 4.69) is 20.6 Å². The summed E-state index contributed by atoms with van der Waals surface area (Å²) in [7, 11) is 2.92. The molecule has 1 aromatic carbocycles. The summed E-state index contributed by atoms with van der Waals surface area (Å²) in [5.41, 5.74) is 5.77. The van der Waals surface area contributed by atoms with Gasteiger partial charge in [-0.05, 0) is 18.6 Å². The minimum atomic E-state index is -1.06. The summed E-state index contributed by atoms with van der Waals surface area (Å²) in [6.45, 7) is -0.133. The lowest BCUT2D eigenvalue weighted by atomic mass is 10.1. The van der Waals surface area contributed by atoms with Crippen LogP contribution in [0, 0.1) is 0 Å². The molecule has 2 aromatic rings. The zero-order valence-electron chi connectivity index (χ0n) is 18.2. The highest BCUT2D eigenvalue weighted by Crippen LogP contribution is 2.23. The highest BCUT2D eigenvalue weighted by Gasteiger charge is 2.44. The van der Waals surface area contributed by atoms with E-state index in [4.69, 9.17) is 10.5 Å². The number of hydrogen-bond acceptors (Lipinski definition) is 7. The van der Waals surface area contributed by atoms with Crippen molar-refractivity contribution in [3.8, 4) is 5.75 Å². The van der Waals surface area contributed by atoms with Crippen LogP contribution >= 0.6 is 0 Å². The third-order valence-electron chi connectivity index (χ3n) is 5.11. The summed E-state index contributed by atoms with van der Waals surface area (Å²) in [6.07, 6.45) is 4.42. The molecule has 5 amide bonds. The number of likely N-dealkylation sites (tertiary alicyclic amines) is 1. The molecule has 1 fully saturated rings. The van der Waals surface area contributed by atoms with Crippen molar-refractivity contribution in [1.29, 1.82) is 0 Å². The number of ether oxygens (including phenoxy) is 1. The molecule has 0 radical (unpaired) electrons. The number of amides is 5. The number of nitrogens with one attached hydrogen (secondary N) is 2. The molecule has 0 spiro atoms. The predicted molar refractivity (Wildman–Crippen MR) is 117 cm³/mol. The van der Waals surface area contributed by atoms with E-state index in [9.17, 15) is 19.2 Å². The van der Waals surface area contributed by atoms with Crippen LogP contribution in [-0.2, 0) is 9.59 Å². The number of carbonyl (C=O) groups is 4. The molecule has 4 N–H and O–H groups in total. The Morgan fingerprint density at radius 3 is 2.73 bits per heavy atom. The normalized spacial score (nSPS) is 17.2. The molecule has 2 atom stereocenters. The summed E-state index contributed by atoms with van der Waals surface area (Å²) in [5, 5.41) is 5.44. The first-order valence-electron chi connectivity index (χ1n) is 10.1. The van der Waals surface area contributed by atoms with Crippen LogP contribution in [0.1, 0.15) is 16.9 Å². The van der Waals surface area contributed by atoms with Crippen LogP contribution in [0.25, 0.3) is 0 Å². The summed E-state index contributed by atoms with van der Waals surface area (Å²) < 4.78 is 5.14. The topological polar surface area (TPSA) is 160 Å². The number of hydrogen-bond donors (Lipinski definition) is 3. The van der Waals surface area contributed by atoms with E-state index in [1.165, 1.54) is 37.6 Å². The first-order chi connectivity index (χ1) is 15.8. The standard InChI is InChI=1S/C21H25N7O5/c1-27(12-17(22)29)20(31)18-15(6-9-28(18)19(30)16-11-23-7-8-24-16)26-21(32)25-13-4-3-5-14(10-13)33-2/h3-5,7-8,10-11,15,18H,6,9,12H2,1-2H3,(H2,22,29)(H2,25,26,32). The zero-order valence-corrected chi connectivity index (χ0v) is 18.2. The van der Waals surface area contributed by atoms with E-state index in [0.29, 0.717) is 17.9 Å². The lowest BCUT2D eigenvalue weighted by molar-refractivity contribution is -0.137. The Morgan fingerprint density at radius 2 is 2.06 bits per heavy atom. The number of aromatic nitrogens is 2. The van der Waals surface area contributed by atoms with Gasteiger partial charge in [0.25, 0.3) is 5.91 Å². The van der Waals surface area contributed by atoms with Crippen molar-refractivity contribution in [3.63, 3.8) is 0 Å². The van der Waals surface area contributed by atoms with Gasteiger partial charge in [0.1, 0.15) is 17.5 Å². The number of benzene rings is 1. The molecule has 0 saturated carbocycles. The number of nitrogens with zero attached hydrogens (tertiary/aromatic N) is 4. The molecular weight excluding hydrogens is 430 g/mol. The minimum Gasteiger partial charge on any atom is -0.497 e. The van der Waals surface area contributed by atoms with E-state index in [0.717, 1.165) is 4.90 Å². The van der Waals surface area contributed by atoms with Gasteiger partial charge in [0, 0.05) is 37.7 Å². The van der Waals surface area contributed by atoms with Gasteiger partial charge in [0.2, 0.25) is 11.8 Å². The number of nitrogens with two attached hydrogens (primary N) is 1. The van der Waals surface area contributed by atoms with Crippen LogP contribution in [0.4, 0.5) is 10.5 Å². The second-order valence-electron chi connectivity index (χ2n) is 7.42. The number of likely N-dealkylation sites (N-methyl/N-ethyl adjacent to an activating group) is 1. The van der Waals surface area contributed by atoms with Crippen LogP contribution in [0.3, 0.4) is 0 Å². The third-order valence-corrected chi connectivity index (χ3v) is 5.11. The largest absolute Gasteiger partial charge is 0.497 e. The highest BCUT2D eigenvalue weighted by atomic mass is 16.5. The molecule has 2 heterocycles. The molecule has 33 heavy (non-hydrogen) atoms. The Kier molecular flexibility index (Phi) is 7.38. The van der Waals surface area contributed by atoms with Crippen LogP contribution in [-0.4, -0.2) is 82.9 Å². The van der Waals surface area contributed by atoms with Crippen molar-refractivity contribution >= 4 is 29.4 Å². The molecule has 12 nitrogen and oxygen atoms in total. The van der Waals surface area contributed by atoms with E-state index in [-0.39, 0.29) is 18.8 Å². The van der Waals surface area contributed by atoms with Gasteiger partial charge in [0.05, 0.1) is 25.9 Å². The van der Waals surface area contributed by atoms with Gasteiger partial charge in [0.15, 0.2) is 0 Å². The smallest absolute Gasteiger partial charge is 0.319 e. The van der Waals surface area contributed by atoms with Gasteiger partial charge in [-0.25, -0.2) is 9.78 Å². The van der Waals surface area contributed by atoms with Gasteiger partial charge in [-0.1, -0.05) is 6.07 Å². The Hall–Kier alpha value is -4.22. The minimum absolute atomic E-state index is 0.0642. The second kappa shape index (κ2) is 10.4. The van der Waals surface area contributed by atoms with E-state index in [1.54, 1.807) is 24.3 Å². The number of carbonyl (C=O) groups excluding carboxylic acids is 4. The summed E-state index contributed by atoms with van der Waals surface area (Å²) in [6, 6.07) is 4.46. The van der Waals surface area contributed by atoms with E-state index in [1.807, 2.05) is 0 Å². The molecule has 0 aliphatic carbocycles. The number of primary amides is 1. The van der Waals surface area contributed by atoms with Crippen LogP contribution in [0.5, 0.6) is 5.75 Å². The number of urea groups is 1. The lowest BCUT2D eigenvalue weighted by Crippen LogP contribution is -2.56. The molecule has 3 rings (SSSR count). The first kappa shape index (κ1) is 23.4. The van der Waals surface area contributed by atoms with Crippen LogP contribution in [0.2, 0.25) is 0 Å². The van der Waals surface area contributed by atoms with Crippen molar-refractivity contribution in [3.05, 3.63) is 48.5 Å². The molecular formula is C21H25N7O5. The zero-order chi connectivity index (χ0) is 24.0. The number of methoxy groups -OCH3 is 1. The maximum absolute atomic E-state index is 13.2. The molecule has 1 aromatic heterocycles. The Balaban J connectivity index is 1.79. The van der Waals surface area contributed by atoms with Gasteiger partial charge < -0.3 is 30.9 Å². The summed E-state index contributed by atoms with van der Waals surface area (Å²) in [5.74, 6) is -1.17. The molecule has 12 heteroatoms. The van der Waals surface area contributed by atoms with Gasteiger partial charge in [-0.15, -0.1) is 0 Å². The predicted octanol–water partition coefficient (Wildman–Crippen LogP) is -0.166. The average Bonchev–Trinajstić information content (AvgIpc) is 3.21. The van der Waals surface area contributed by atoms with Crippen LogP contribution in [0.15, 0.2) is 42.9 Å². The van der Waals surface area contributed by atoms with E-state index >= 15 is 0 Å².